The molecular formula is C12H10F3NO7S2. The lowest BCUT2D eigenvalue weighted by Gasteiger charge is -2.10. The summed E-state index contributed by atoms with van der Waals surface area (Å²) < 4.78 is 82.3. The quantitative estimate of drug-likeness (QED) is 0.638. The third-order valence-electron chi connectivity index (χ3n) is 2.55. The molecular weight excluding hydrogens is 391 g/mol. The van der Waals surface area contributed by atoms with Crippen molar-refractivity contribution in [1.29, 1.82) is 0 Å². The van der Waals surface area contributed by atoms with Crippen LogP contribution in [0.2, 0.25) is 0 Å². The lowest BCUT2D eigenvalue weighted by atomic mass is 10.1. The molecule has 0 bridgehead atoms. The molecule has 2 N–H and O–H groups in total. The normalized spacial score (nSPS) is 13.1. The van der Waals surface area contributed by atoms with E-state index in [2.05, 4.69) is 0 Å². The summed E-state index contributed by atoms with van der Waals surface area (Å²) in [7, 11) is -11.1. The Morgan fingerprint density at radius 3 is 2.00 bits per heavy atom. The highest BCUT2D eigenvalue weighted by atomic mass is 32.3. The number of carboxylic acids is 1. The third-order valence-corrected chi connectivity index (χ3v) is 5.81. The van der Waals surface area contributed by atoms with Crippen LogP contribution in [0.1, 0.15) is 5.56 Å². The molecule has 13 heteroatoms. The van der Waals surface area contributed by atoms with Gasteiger partial charge in [0.25, 0.3) is 10.0 Å². The van der Waals surface area contributed by atoms with Crippen molar-refractivity contribution in [2.45, 2.75) is 16.8 Å². The predicted molar refractivity (Wildman–Crippen MR) is 77.2 cm³/mol. The summed E-state index contributed by atoms with van der Waals surface area (Å²) in [6, 6.07) is 3.75. The molecule has 0 saturated carbocycles. The van der Waals surface area contributed by atoms with Gasteiger partial charge in [-0.15, -0.1) is 0 Å². The molecule has 138 valence electrons. The van der Waals surface area contributed by atoms with Crippen LogP contribution in [-0.2, 0) is 36.1 Å². The van der Waals surface area contributed by atoms with Crippen molar-refractivity contribution in [3.63, 3.8) is 0 Å². The minimum absolute atomic E-state index is 0.234. The summed E-state index contributed by atoms with van der Waals surface area (Å²) in [4.78, 5) is 20.9. The summed E-state index contributed by atoms with van der Waals surface area (Å²) in [5, 5.41) is 8.36. The SMILES string of the molecule is O=C(O)/C=C\C(=O)Cc1ccc(S(=O)(=O)NS(=O)(=O)C(F)(F)F)cc1. The van der Waals surface area contributed by atoms with Gasteiger partial charge in [0.15, 0.2) is 5.78 Å². The largest absolute Gasteiger partial charge is 0.512 e. The minimum Gasteiger partial charge on any atom is -0.478 e. The summed E-state index contributed by atoms with van der Waals surface area (Å²) >= 11 is 0. The second kappa shape index (κ2) is 7.33. The van der Waals surface area contributed by atoms with E-state index in [9.17, 15) is 39.6 Å². The molecule has 8 nitrogen and oxygen atoms in total. The van der Waals surface area contributed by atoms with Gasteiger partial charge in [-0.1, -0.05) is 16.3 Å². The average molecular weight is 401 g/mol. The zero-order chi connectivity index (χ0) is 19.5. The van der Waals surface area contributed by atoms with Gasteiger partial charge in [0, 0.05) is 12.5 Å². The van der Waals surface area contributed by atoms with E-state index in [0.717, 1.165) is 30.3 Å². The van der Waals surface area contributed by atoms with Crippen molar-refractivity contribution in [3.8, 4) is 0 Å². The number of aliphatic carboxylic acids is 1. The molecule has 1 aromatic carbocycles. The van der Waals surface area contributed by atoms with E-state index in [-0.39, 0.29) is 12.0 Å². The fraction of sp³-hybridized carbons (Fsp3) is 0.167. The number of sulfonamides is 2. The Morgan fingerprint density at radius 2 is 1.56 bits per heavy atom. The van der Waals surface area contributed by atoms with E-state index in [1.54, 1.807) is 0 Å². The lowest BCUT2D eigenvalue weighted by Crippen LogP contribution is -2.40. The highest BCUT2D eigenvalue weighted by Gasteiger charge is 2.48. The molecule has 0 fully saturated rings. The number of allylic oxidation sites excluding steroid dienone is 1. The number of carboxylic acid groups (broad SMARTS) is 1. The molecule has 0 spiro atoms. The van der Waals surface area contributed by atoms with Crippen molar-refractivity contribution in [1.82, 2.24) is 4.13 Å². The number of halogens is 3. The van der Waals surface area contributed by atoms with Gasteiger partial charge in [-0.05, 0) is 23.8 Å². The zero-order valence-corrected chi connectivity index (χ0v) is 13.7. The maximum absolute atomic E-state index is 12.2. The zero-order valence-electron chi connectivity index (χ0n) is 12.0. The van der Waals surface area contributed by atoms with Crippen LogP contribution >= 0.6 is 0 Å². The monoisotopic (exact) mass is 401 g/mol. The molecule has 0 aliphatic heterocycles. The smallest absolute Gasteiger partial charge is 0.478 e. The van der Waals surface area contributed by atoms with Gasteiger partial charge in [-0.25, -0.2) is 21.6 Å². The second-order valence-corrected chi connectivity index (χ2v) is 8.11. The Hall–Kier alpha value is -2.25. The number of benzene rings is 1. The van der Waals surface area contributed by atoms with Crippen molar-refractivity contribution in [2.75, 3.05) is 0 Å². The first-order valence-corrected chi connectivity index (χ1v) is 9.09. The van der Waals surface area contributed by atoms with E-state index >= 15 is 0 Å². The lowest BCUT2D eigenvalue weighted by molar-refractivity contribution is -0.131. The van der Waals surface area contributed by atoms with Gasteiger partial charge in [-0.2, -0.15) is 13.2 Å². The van der Waals surface area contributed by atoms with Gasteiger partial charge >= 0.3 is 21.5 Å². The molecule has 1 aromatic rings. The highest BCUT2D eigenvalue weighted by Crippen LogP contribution is 2.23. The first-order chi connectivity index (χ1) is 11.2. The van der Waals surface area contributed by atoms with E-state index in [1.807, 2.05) is 0 Å². The topological polar surface area (TPSA) is 135 Å². The van der Waals surface area contributed by atoms with Crippen LogP contribution in [0.25, 0.3) is 0 Å². The van der Waals surface area contributed by atoms with Crippen LogP contribution < -0.4 is 4.13 Å². The number of ketones is 1. The van der Waals surface area contributed by atoms with E-state index in [1.165, 1.54) is 0 Å². The molecule has 0 aliphatic carbocycles. The second-order valence-electron chi connectivity index (χ2n) is 4.49. The first-order valence-electron chi connectivity index (χ1n) is 6.12. The maximum atomic E-state index is 12.2. The number of hydrogen-bond acceptors (Lipinski definition) is 6. The van der Waals surface area contributed by atoms with Crippen LogP contribution in [0, 0.1) is 0 Å². The van der Waals surface area contributed by atoms with E-state index in [4.69, 9.17) is 5.11 Å². The van der Waals surface area contributed by atoms with Gasteiger partial charge < -0.3 is 5.11 Å². The molecule has 0 heterocycles. The fourth-order valence-electron chi connectivity index (χ4n) is 1.45. The Kier molecular flexibility index (Phi) is 6.09. The van der Waals surface area contributed by atoms with Gasteiger partial charge in [-0.3, -0.25) is 4.79 Å². The minimum atomic E-state index is -6.11. The number of carbonyl (C=O) groups excluding carboxylic acids is 1. The summed E-state index contributed by atoms with van der Waals surface area (Å²) in [6.45, 7) is 0. The standard InChI is InChI=1S/C12H10F3NO7S2/c13-12(14,15)25(22,23)16-24(20,21)10-4-1-8(2-5-10)7-9(17)3-6-11(18)19/h1-6,16H,7H2,(H,18,19)/b6-3-. The number of rotatable bonds is 7. The highest BCUT2D eigenvalue weighted by molar-refractivity contribution is 8.05. The Bertz CT molecular complexity index is 901. The van der Waals surface area contributed by atoms with Crippen LogP contribution in [0.4, 0.5) is 13.2 Å². The van der Waals surface area contributed by atoms with E-state index in [0.29, 0.717) is 10.2 Å². The van der Waals surface area contributed by atoms with Crippen LogP contribution in [0.3, 0.4) is 0 Å². The summed E-state index contributed by atoms with van der Waals surface area (Å²) in [5.41, 5.74) is -5.57. The number of nitrogens with one attached hydrogen (secondary N) is 1. The third kappa shape index (κ3) is 5.95. The van der Waals surface area contributed by atoms with Gasteiger partial charge in [0.2, 0.25) is 0 Å². The van der Waals surface area contributed by atoms with Crippen molar-refractivity contribution < 1.29 is 44.7 Å². The Morgan fingerprint density at radius 1 is 1.04 bits per heavy atom. The van der Waals surface area contributed by atoms with Crippen LogP contribution in [0.5, 0.6) is 0 Å². The molecule has 1 rings (SSSR count). The maximum Gasteiger partial charge on any atom is 0.512 e. The summed E-state index contributed by atoms with van der Waals surface area (Å²) in [5.74, 6) is -1.96. The molecule has 0 amide bonds. The van der Waals surface area contributed by atoms with Crippen molar-refractivity contribution >= 4 is 31.8 Å². The predicted octanol–water partition coefficient (Wildman–Crippen LogP) is 0.567. The fourth-order valence-corrected chi connectivity index (χ4v) is 3.86. The van der Waals surface area contributed by atoms with Gasteiger partial charge in [0.1, 0.15) is 0 Å². The number of alkyl halides is 3. The number of hydrogen-bond donors (Lipinski definition) is 2. The Labute approximate surface area is 140 Å². The Balaban J connectivity index is 2.95. The van der Waals surface area contributed by atoms with Gasteiger partial charge in [0.05, 0.1) is 4.90 Å². The molecule has 0 saturated heterocycles. The first kappa shape index (κ1) is 20.8. The average Bonchev–Trinajstić information content (AvgIpc) is 2.43. The van der Waals surface area contributed by atoms with Crippen molar-refractivity contribution in [3.05, 3.63) is 42.0 Å². The molecule has 0 aliphatic rings. The van der Waals surface area contributed by atoms with E-state index < -0.39 is 42.2 Å². The van der Waals surface area contributed by atoms with Crippen LogP contribution in [-0.4, -0.2) is 39.2 Å². The molecule has 0 unspecified atom stereocenters. The molecule has 0 aromatic heterocycles. The number of carbonyl (C=O) groups is 2. The molecule has 0 atom stereocenters. The molecule has 25 heavy (non-hydrogen) atoms. The van der Waals surface area contributed by atoms with Crippen LogP contribution in [0.15, 0.2) is 41.3 Å². The molecule has 0 radical (unpaired) electrons. The van der Waals surface area contributed by atoms with Crippen molar-refractivity contribution in [2.24, 2.45) is 0 Å². The summed E-state index contributed by atoms with van der Waals surface area (Å²) in [6.07, 6.45) is 1.09.